The summed E-state index contributed by atoms with van der Waals surface area (Å²) in [7, 11) is 1.33. The van der Waals surface area contributed by atoms with Crippen molar-refractivity contribution in [2.75, 3.05) is 19.0 Å². The van der Waals surface area contributed by atoms with E-state index in [9.17, 15) is 4.79 Å². The van der Waals surface area contributed by atoms with Gasteiger partial charge in [0, 0.05) is 24.2 Å². The number of amides is 1. The summed E-state index contributed by atoms with van der Waals surface area (Å²) in [5.41, 5.74) is 1.66. The molecule has 1 fully saturated rings. The Bertz CT molecular complexity index is 774. The molecule has 3 N–H and O–H groups in total. The molecule has 2 aromatic rings. The highest BCUT2D eigenvalue weighted by Crippen LogP contribution is 2.47. The number of anilines is 1. The summed E-state index contributed by atoms with van der Waals surface area (Å²) in [4.78, 5) is 27.9. The van der Waals surface area contributed by atoms with Crippen molar-refractivity contribution in [2.24, 2.45) is 0 Å². The van der Waals surface area contributed by atoms with E-state index in [-0.39, 0.29) is 11.5 Å². The summed E-state index contributed by atoms with van der Waals surface area (Å²) in [6, 6.07) is 1.69. The van der Waals surface area contributed by atoms with Gasteiger partial charge in [-0.05, 0) is 41.8 Å². The van der Waals surface area contributed by atoms with Crippen molar-refractivity contribution in [3.05, 3.63) is 22.7 Å². The zero-order valence-electron chi connectivity index (χ0n) is 14.4. The third-order valence-corrected chi connectivity index (χ3v) is 4.82. The molecule has 9 heteroatoms. The Morgan fingerprint density at radius 3 is 2.92 bits per heavy atom. The third kappa shape index (κ3) is 4.09. The largest absolute Gasteiger partial charge is 0.453 e. The number of hydrogen-bond acceptors (Lipinski definition) is 6. The normalized spacial score (nSPS) is 16.2. The smallest absolute Gasteiger partial charge is 0.407 e. The van der Waals surface area contributed by atoms with Crippen molar-refractivity contribution in [3.8, 4) is 11.4 Å². The SMILES string of the molecule is COC(=O)NC(C)CNc1nccc(-c2nc(C3(C)CC3)[nH]c2Br)n1. The quantitative estimate of drug-likeness (QED) is 0.678. The van der Waals surface area contributed by atoms with Gasteiger partial charge in [0.05, 0.1) is 12.8 Å². The van der Waals surface area contributed by atoms with E-state index in [4.69, 9.17) is 4.98 Å². The number of carbonyl (C=O) groups excluding carboxylic acids is 1. The molecule has 0 aliphatic heterocycles. The first-order valence-corrected chi connectivity index (χ1v) is 8.88. The number of carbonyl (C=O) groups is 1. The number of rotatable bonds is 6. The fourth-order valence-electron chi connectivity index (χ4n) is 2.36. The fourth-order valence-corrected chi connectivity index (χ4v) is 2.84. The Morgan fingerprint density at radius 2 is 2.24 bits per heavy atom. The van der Waals surface area contributed by atoms with Gasteiger partial charge in [-0.1, -0.05) is 6.92 Å². The highest BCUT2D eigenvalue weighted by molar-refractivity contribution is 9.10. The van der Waals surface area contributed by atoms with Crippen LogP contribution in [0.15, 0.2) is 16.9 Å². The summed E-state index contributed by atoms with van der Waals surface area (Å²) >= 11 is 3.54. The second-order valence-electron chi connectivity index (χ2n) is 6.49. The molecule has 25 heavy (non-hydrogen) atoms. The molecular formula is C16H21BrN6O2. The number of H-pyrrole nitrogens is 1. The van der Waals surface area contributed by atoms with Crippen molar-refractivity contribution in [1.82, 2.24) is 25.3 Å². The first-order chi connectivity index (χ1) is 11.9. The van der Waals surface area contributed by atoms with Crippen LogP contribution in [0.3, 0.4) is 0 Å². The highest BCUT2D eigenvalue weighted by atomic mass is 79.9. The molecule has 1 amide bonds. The number of halogens is 1. The first kappa shape index (κ1) is 17.7. The van der Waals surface area contributed by atoms with Crippen LogP contribution < -0.4 is 10.6 Å². The molecule has 1 unspecified atom stereocenters. The minimum absolute atomic E-state index is 0.127. The molecule has 1 saturated carbocycles. The van der Waals surface area contributed by atoms with Gasteiger partial charge in [-0.2, -0.15) is 0 Å². The van der Waals surface area contributed by atoms with Gasteiger partial charge in [-0.15, -0.1) is 0 Å². The van der Waals surface area contributed by atoms with E-state index in [1.807, 2.05) is 13.0 Å². The molecule has 2 heterocycles. The van der Waals surface area contributed by atoms with Gasteiger partial charge in [-0.25, -0.2) is 19.7 Å². The molecule has 0 aromatic carbocycles. The molecule has 3 rings (SSSR count). The average Bonchev–Trinajstić information content (AvgIpc) is 3.22. The molecule has 0 bridgehead atoms. The molecular weight excluding hydrogens is 388 g/mol. The number of nitrogens with zero attached hydrogens (tertiary/aromatic N) is 3. The number of ether oxygens (including phenoxy) is 1. The van der Waals surface area contributed by atoms with Gasteiger partial charge in [0.1, 0.15) is 16.1 Å². The summed E-state index contributed by atoms with van der Waals surface area (Å²) in [5.74, 6) is 1.46. The highest BCUT2D eigenvalue weighted by Gasteiger charge is 2.42. The zero-order chi connectivity index (χ0) is 18.0. The van der Waals surface area contributed by atoms with E-state index in [0.29, 0.717) is 12.5 Å². The topological polar surface area (TPSA) is 105 Å². The Hall–Kier alpha value is -2.16. The van der Waals surface area contributed by atoms with Crippen LogP contribution in [0.4, 0.5) is 10.7 Å². The molecule has 134 valence electrons. The minimum Gasteiger partial charge on any atom is -0.453 e. The number of imidazole rings is 1. The van der Waals surface area contributed by atoms with Gasteiger partial charge in [0.15, 0.2) is 0 Å². The lowest BCUT2D eigenvalue weighted by atomic mass is 10.1. The summed E-state index contributed by atoms with van der Waals surface area (Å²) in [6.45, 7) is 4.54. The van der Waals surface area contributed by atoms with E-state index >= 15 is 0 Å². The Kier molecular flexibility index (Phi) is 4.94. The van der Waals surface area contributed by atoms with Crippen LogP contribution in [-0.4, -0.2) is 45.7 Å². The van der Waals surface area contributed by atoms with Crippen LogP contribution in [0.1, 0.15) is 32.5 Å². The lowest BCUT2D eigenvalue weighted by molar-refractivity contribution is 0.168. The number of hydrogen-bond donors (Lipinski definition) is 3. The third-order valence-electron chi connectivity index (χ3n) is 4.25. The monoisotopic (exact) mass is 408 g/mol. The van der Waals surface area contributed by atoms with Crippen molar-refractivity contribution in [1.29, 1.82) is 0 Å². The predicted octanol–water partition coefficient (Wildman–Crippen LogP) is 2.84. The van der Waals surface area contributed by atoms with Crippen LogP contribution in [0.25, 0.3) is 11.4 Å². The van der Waals surface area contributed by atoms with E-state index < -0.39 is 6.09 Å². The van der Waals surface area contributed by atoms with Crippen LogP contribution >= 0.6 is 15.9 Å². The average molecular weight is 409 g/mol. The number of nitrogens with one attached hydrogen (secondary N) is 3. The number of alkyl carbamates (subject to hydrolysis) is 1. The standard InChI is InChI=1S/C16H21BrN6O2/c1-9(20-15(24)25-3)8-19-14-18-7-4-10(21-14)11-12(17)23-13(22-11)16(2)5-6-16/h4,7,9H,5-6,8H2,1-3H3,(H,20,24)(H,22,23)(H,18,19,21). The molecule has 2 aromatic heterocycles. The molecule has 8 nitrogen and oxygen atoms in total. The van der Waals surface area contributed by atoms with E-state index in [2.05, 4.69) is 53.2 Å². The lowest BCUT2D eigenvalue weighted by Crippen LogP contribution is -2.37. The van der Waals surface area contributed by atoms with E-state index in [1.54, 1.807) is 6.20 Å². The molecule has 0 spiro atoms. The second-order valence-corrected chi connectivity index (χ2v) is 7.29. The van der Waals surface area contributed by atoms with Crippen molar-refractivity contribution >= 4 is 28.0 Å². The van der Waals surface area contributed by atoms with Gasteiger partial charge in [0.25, 0.3) is 0 Å². The van der Waals surface area contributed by atoms with Crippen LogP contribution in [-0.2, 0) is 10.2 Å². The second kappa shape index (κ2) is 6.99. The lowest BCUT2D eigenvalue weighted by Gasteiger charge is -2.13. The van der Waals surface area contributed by atoms with Gasteiger partial charge >= 0.3 is 6.09 Å². The first-order valence-electron chi connectivity index (χ1n) is 8.09. The van der Waals surface area contributed by atoms with Gasteiger partial charge in [0.2, 0.25) is 5.95 Å². The Morgan fingerprint density at radius 1 is 1.48 bits per heavy atom. The number of aromatic nitrogens is 4. The number of aromatic amines is 1. The fraction of sp³-hybridized carbons (Fsp3) is 0.500. The minimum atomic E-state index is -0.467. The summed E-state index contributed by atoms with van der Waals surface area (Å²) < 4.78 is 5.39. The maximum Gasteiger partial charge on any atom is 0.407 e. The Balaban J connectivity index is 1.69. The summed E-state index contributed by atoms with van der Waals surface area (Å²) in [6.07, 6.45) is 3.51. The molecule has 1 atom stereocenters. The van der Waals surface area contributed by atoms with Crippen molar-refractivity contribution in [3.63, 3.8) is 0 Å². The predicted molar refractivity (Wildman–Crippen MR) is 97.4 cm³/mol. The van der Waals surface area contributed by atoms with Crippen molar-refractivity contribution in [2.45, 2.75) is 38.1 Å². The van der Waals surface area contributed by atoms with Crippen molar-refractivity contribution < 1.29 is 9.53 Å². The maximum absolute atomic E-state index is 11.2. The van der Waals surface area contributed by atoms with Gasteiger partial charge in [-0.3, -0.25) is 0 Å². The number of methoxy groups -OCH3 is 1. The molecule has 0 saturated heterocycles. The van der Waals surface area contributed by atoms with E-state index in [1.165, 1.54) is 7.11 Å². The molecule has 1 aliphatic rings. The van der Waals surface area contributed by atoms with Crippen LogP contribution in [0.2, 0.25) is 0 Å². The van der Waals surface area contributed by atoms with Crippen LogP contribution in [0.5, 0.6) is 0 Å². The summed E-state index contributed by atoms with van der Waals surface area (Å²) in [5, 5.41) is 5.79. The molecule has 0 radical (unpaired) electrons. The van der Waals surface area contributed by atoms with E-state index in [0.717, 1.165) is 34.7 Å². The zero-order valence-corrected chi connectivity index (χ0v) is 16.0. The maximum atomic E-state index is 11.2. The molecule has 1 aliphatic carbocycles. The van der Waals surface area contributed by atoms with Crippen LogP contribution in [0, 0.1) is 0 Å². The van der Waals surface area contributed by atoms with Gasteiger partial charge < -0.3 is 20.4 Å². The Labute approximate surface area is 154 Å².